The summed E-state index contributed by atoms with van der Waals surface area (Å²) < 4.78 is 20.7. The van der Waals surface area contributed by atoms with Gasteiger partial charge in [-0.1, -0.05) is 12.1 Å². The fourth-order valence-corrected chi connectivity index (χ4v) is 2.11. The Balaban J connectivity index is 3.02. The Morgan fingerprint density at radius 2 is 1.71 bits per heavy atom. The highest BCUT2D eigenvalue weighted by atomic mass is 28.4. The van der Waals surface area contributed by atoms with Crippen LogP contribution in [0.2, 0.25) is 6.55 Å². The fraction of sp³-hybridized carbons (Fsp3) is 0.364. The molecule has 1 rings (SSSR count). The molecule has 5 nitrogen and oxygen atoms in total. The number of benzene rings is 1. The molecule has 94 valence electrons. The number of hydrogen-bond donors (Lipinski definition) is 0. The van der Waals surface area contributed by atoms with Crippen LogP contribution in [0.5, 0.6) is 5.75 Å². The second kappa shape index (κ2) is 5.81. The van der Waals surface area contributed by atoms with E-state index >= 15 is 0 Å². The molecule has 1 aromatic rings. The van der Waals surface area contributed by atoms with Crippen molar-refractivity contribution in [2.24, 2.45) is 0 Å². The first-order valence-electron chi connectivity index (χ1n) is 5.03. The predicted molar refractivity (Wildman–Crippen MR) is 64.0 cm³/mol. The molecule has 0 amide bonds. The van der Waals surface area contributed by atoms with Gasteiger partial charge >= 0.3 is 14.8 Å². The van der Waals surface area contributed by atoms with Crippen molar-refractivity contribution in [2.75, 3.05) is 21.3 Å². The van der Waals surface area contributed by atoms with Gasteiger partial charge in [0.2, 0.25) is 0 Å². The highest BCUT2D eigenvalue weighted by Crippen LogP contribution is 2.22. The van der Waals surface area contributed by atoms with E-state index in [1.54, 1.807) is 30.8 Å². The maximum absolute atomic E-state index is 11.5. The molecule has 0 aromatic heterocycles. The molecule has 1 aromatic carbocycles. The molecule has 0 unspecified atom stereocenters. The van der Waals surface area contributed by atoms with Crippen LogP contribution in [0.3, 0.4) is 0 Å². The molecule has 0 spiro atoms. The molecule has 0 aliphatic rings. The number of rotatable bonds is 5. The molecule has 17 heavy (non-hydrogen) atoms. The number of methoxy groups -OCH3 is 1. The first-order chi connectivity index (χ1) is 8.06. The summed E-state index contributed by atoms with van der Waals surface area (Å²) in [6.07, 6.45) is 0. The largest absolute Gasteiger partial charge is 0.562 e. The van der Waals surface area contributed by atoms with E-state index in [2.05, 4.69) is 4.74 Å². The van der Waals surface area contributed by atoms with E-state index in [1.165, 1.54) is 21.3 Å². The normalized spacial score (nSPS) is 11.1. The Morgan fingerprint density at radius 1 is 1.12 bits per heavy atom. The van der Waals surface area contributed by atoms with Crippen LogP contribution in [0.1, 0.15) is 10.4 Å². The molecule has 0 aliphatic heterocycles. The van der Waals surface area contributed by atoms with Gasteiger partial charge in [0.15, 0.2) is 0 Å². The second-order valence-corrected chi connectivity index (χ2v) is 6.11. The molecule has 0 heterocycles. The molecule has 0 fully saturated rings. The molecular formula is C11H16O5Si. The minimum Gasteiger partial charge on any atom is -0.500 e. The van der Waals surface area contributed by atoms with Crippen LogP contribution in [0, 0.1) is 0 Å². The molecule has 0 N–H and O–H groups in total. The van der Waals surface area contributed by atoms with E-state index in [0.717, 1.165) is 0 Å². The quantitative estimate of drug-likeness (QED) is 0.593. The Morgan fingerprint density at radius 3 is 2.24 bits per heavy atom. The van der Waals surface area contributed by atoms with E-state index in [1.807, 2.05) is 0 Å². The van der Waals surface area contributed by atoms with Gasteiger partial charge in [0, 0.05) is 20.8 Å². The zero-order chi connectivity index (χ0) is 12.9. The maximum Gasteiger partial charge on any atom is 0.562 e. The summed E-state index contributed by atoms with van der Waals surface area (Å²) in [6.45, 7) is 1.74. The molecular weight excluding hydrogens is 240 g/mol. The van der Waals surface area contributed by atoms with Crippen LogP contribution in [0.4, 0.5) is 0 Å². The molecule has 0 radical (unpaired) electrons. The zero-order valence-electron chi connectivity index (χ0n) is 10.4. The van der Waals surface area contributed by atoms with Gasteiger partial charge in [0.1, 0.15) is 11.3 Å². The van der Waals surface area contributed by atoms with Crippen LogP contribution < -0.4 is 4.43 Å². The monoisotopic (exact) mass is 256 g/mol. The van der Waals surface area contributed by atoms with Crippen LogP contribution in [0.15, 0.2) is 24.3 Å². The van der Waals surface area contributed by atoms with Crippen LogP contribution in [-0.2, 0) is 13.6 Å². The Hall–Kier alpha value is -1.37. The highest BCUT2D eigenvalue weighted by Gasteiger charge is 2.35. The lowest BCUT2D eigenvalue weighted by atomic mass is 10.2. The number of esters is 1. The molecule has 0 atom stereocenters. The minimum atomic E-state index is -2.74. The SMILES string of the molecule is COC(=O)c1ccccc1O[Si](C)(OC)OC. The van der Waals surface area contributed by atoms with Gasteiger partial charge in [0.25, 0.3) is 0 Å². The summed E-state index contributed by atoms with van der Waals surface area (Å²) in [4.78, 5) is 11.5. The molecule has 0 bridgehead atoms. The summed E-state index contributed by atoms with van der Waals surface area (Å²) in [5.41, 5.74) is 0.350. The highest BCUT2D eigenvalue weighted by molar-refractivity contribution is 6.59. The first-order valence-corrected chi connectivity index (χ1v) is 7.25. The summed E-state index contributed by atoms with van der Waals surface area (Å²) >= 11 is 0. The van der Waals surface area contributed by atoms with Crippen molar-refractivity contribution >= 4 is 14.8 Å². The third-order valence-electron chi connectivity index (χ3n) is 2.33. The number of para-hydroxylation sites is 1. The average molecular weight is 256 g/mol. The predicted octanol–water partition coefficient (Wildman–Crippen LogP) is 1.71. The number of carbonyl (C=O) groups is 1. The third kappa shape index (κ3) is 3.29. The lowest BCUT2D eigenvalue weighted by Gasteiger charge is -2.23. The number of hydrogen-bond acceptors (Lipinski definition) is 5. The Kier molecular flexibility index (Phi) is 4.68. The maximum atomic E-state index is 11.5. The third-order valence-corrected chi connectivity index (χ3v) is 4.40. The first kappa shape index (κ1) is 13.7. The lowest BCUT2D eigenvalue weighted by molar-refractivity contribution is 0.0597. The Labute approximate surface area is 102 Å². The van der Waals surface area contributed by atoms with Gasteiger partial charge in [0.05, 0.1) is 7.11 Å². The van der Waals surface area contributed by atoms with Crippen molar-refractivity contribution in [1.29, 1.82) is 0 Å². The topological polar surface area (TPSA) is 54.0 Å². The molecule has 0 saturated heterocycles. The fourth-order valence-electron chi connectivity index (χ4n) is 1.20. The summed E-state index contributed by atoms with van der Waals surface area (Å²) in [7, 11) is 1.61. The molecule has 0 aliphatic carbocycles. The van der Waals surface area contributed by atoms with E-state index in [-0.39, 0.29) is 0 Å². The van der Waals surface area contributed by atoms with Crippen molar-refractivity contribution in [3.8, 4) is 5.75 Å². The van der Waals surface area contributed by atoms with Crippen molar-refractivity contribution in [3.05, 3.63) is 29.8 Å². The summed E-state index contributed by atoms with van der Waals surface area (Å²) in [5.74, 6) is -0.0543. The lowest BCUT2D eigenvalue weighted by Crippen LogP contribution is -2.43. The minimum absolute atomic E-state index is 0.350. The van der Waals surface area contributed by atoms with Gasteiger partial charge in [-0.25, -0.2) is 4.79 Å². The number of carbonyl (C=O) groups excluding carboxylic acids is 1. The standard InChI is InChI=1S/C11H16O5Si/c1-13-11(12)9-7-5-6-8-10(9)16-17(4,14-2)15-3/h5-8H,1-4H3. The summed E-state index contributed by atoms with van der Waals surface area (Å²) in [5, 5.41) is 0. The van der Waals surface area contributed by atoms with Crippen molar-refractivity contribution in [2.45, 2.75) is 6.55 Å². The van der Waals surface area contributed by atoms with E-state index in [0.29, 0.717) is 11.3 Å². The number of ether oxygens (including phenoxy) is 1. The molecule has 0 saturated carbocycles. The summed E-state index contributed by atoms with van der Waals surface area (Å²) in [6, 6.07) is 6.80. The zero-order valence-corrected chi connectivity index (χ0v) is 11.4. The smallest absolute Gasteiger partial charge is 0.500 e. The molecule has 6 heteroatoms. The van der Waals surface area contributed by atoms with E-state index in [4.69, 9.17) is 13.3 Å². The van der Waals surface area contributed by atoms with E-state index in [9.17, 15) is 4.79 Å². The van der Waals surface area contributed by atoms with Crippen molar-refractivity contribution in [3.63, 3.8) is 0 Å². The van der Waals surface area contributed by atoms with Crippen molar-refractivity contribution in [1.82, 2.24) is 0 Å². The van der Waals surface area contributed by atoms with Gasteiger partial charge in [-0.05, 0) is 12.1 Å². The average Bonchev–Trinajstić information content (AvgIpc) is 2.38. The van der Waals surface area contributed by atoms with Gasteiger partial charge in [-0.15, -0.1) is 0 Å². The van der Waals surface area contributed by atoms with Crippen LogP contribution in [0.25, 0.3) is 0 Å². The van der Waals surface area contributed by atoms with Gasteiger partial charge < -0.3 is 18.0 Å². The van der Waals surface area contributed by atoms with Gasteiger partial charge in [-0.2, -0.15) is 0 Å². The second-order valence-electron chi connectivity index (χ2n) is 3.36. The van der Waals surface area contributed by atoms with E-state index < -0.39 is 14.8 Å². The van der Waals surface area contributed by atoms with Crippen molar-refractivity contribution < 1.29 is 22.8 Å². The van der Waals surface area contributed by atoms with Crippen LogP contribution in [-0.4, -0.2) is 36.1 Å². The van der Waals surface area contributed by atoms with Crippen LogP contribution >= 0.6 is 0 Å². The Bertz CT molecular complexity index is 389. The van der Waals surface area contributed by atoms with Gasteiger partial charge in [-0.3, -0.25) is 0 Å².